The summed E-state index contributed by atoms with van der Waals surface area (Å²) in [5.41, 5.74) is 4.14. The molecule has 0 radical (unpaired) electrons. The van der Waals surface area contributed by atoms with E-state index in [1.165, 1.54) is 56.7 Å². The highest BCUT2D eigenvalue weighted by Gasteiger charge is 2.23. The van der Waals surface area contributed by atoms with E-state index in [0.717, 1.165) is 30.5 Å². The first-order valence-electron chi connectivity index (χ1n) is 14.6. The van der Waals surface area contributed by atoms with Crippen molar-refractivity contribution in [1.82, 2.24) is 29.8 Å². The Balaban J connectivity index is 0.000000236. The number of allylic oxidation sites excluding steroid dienone is 2. The van der Waals surface area contributed by atoms with Crippen LogP contribution in [0.1, 0.15) is 53.6 Å². The van der Waals surface area contributed by atoms with E-state index in [1.807, 2.05) is 31.1 Å². The van der Waals surface area contributed by atoms with E-state index in [2.05, 4.69) is 38.6 Å². The summed E-state index contributed by atoms with van der Waals surface area (Å²) in [7, 11) is 7.36. The quantitative estimate of drug-likeness (QED) is 0.358. The van der Waals surface area contributed by atoms with Gasteiger partial charge in [0.15, 0.2) is 0 Å². The molecule has 2 unspecified atom stereocenters. The van der Waals surface area contributed by atoms with Gasteiger partial charge < -0.3 is 20.1 Å². The molecule has 1 aromatic carbocycles. The minimum absolute atomic E-state index is 0.0633. The highest BCUT2D eigenvalue weighted by molar-refractivity contribution is 5.82. The Kier molecular flexibility index (Phi) is 12.8. The second-order valence-electron chi connectivity index (χ2n) is 11.2. The first-order chi connectivity index (χ1) is 20.7. The molecule has 1 amide bonds. The van der Waals surface area contributed by atoms with Crippen molar-refractivity contribution < 1.29 is 19.5 Å². The molecule has 1 saturated heterocycles. The van der Waals surface area contributed by atoms with Crippen LogP contribution in [0.15, 0.2) is 48.3 Å². The van der Waals surface area contributed by atoms with Gasteiger partial charge >= 0.3 is 0 Å². The number of likely N-dealkylation sites (tertiary alicyclic amines) is 1. The van der Waals surface area contributed by atoms with Gasteiger partial charge in [-0.15, -0.1) is 0 Å². The molecule has 0 saturated carbocycles. The maximum absolute atomic E-state index is 11.9. The Morgan fingerprint density at radius 3 is 2.63 bits per heavy atom. The second kappa shape index (κ2) is 16.5. The van der Waals surface area contributed by atoms with E-state index >= 15 is 0 Å². The zero-order valence-corrected chi connectivity index (χ0v) is 25.6. The molecule has 2 heterocycles. The van der Waals surface area contributed by atoms with E-state index in [9.17, 15) is 24.8 Å². The predicted octanol–water partition coefficient (Wildman–Crippen LogP) is 2.83. The van der Waals surface area contributed by atoms with Crippen LogP contribution in [-0.4, -0.2) is 101 Å². The standard InChI is InChI=1S/C17H23N5.C15H20N2O4/c1-20(2)16-7-14(10-18)8-17(9-16)22-13-15(11-19-22)12-21-5-3-4-6-21;1-16-15(21)14(4-3-7-18)17(2)9-12-8-13(20)6-5-11(12)10-19/h8-9,11,13,16H,3-7,12H2,1-2H3;5-8,10,14,20H,3-4,9H2,1-2H3,(H,16,21). The average molecular weight is 590 g/mol. The molecule has 2 atom stereocenters. The minimum atomic E-state index is -0.470. The summed E-state index contributed by atoms with van der Waals surface area (Å²) in [5.74, 6) is -0.124. The van der Waals surface area contributed by atoms with E-state index < -0.39 is 6.04 Å². The van der Waals surface area contributed by atoms with Crippen LogP contribution in [-0.2, 0) is 22.7 Å². The highest BCUT2D eigenvalue weighted by atomic mass is 16.3. The Labute approximate surface area is 254 Å². The number of rotatable bonds is 12. The summed E-state index contributed by atoms with van der Waals surface area (Å²) in [6.07, 6.45) is 13.7. The molecule has 43 heavy (non-hydrogen) atoms. The first-order valence-corrected chi connectivity index (χ1v) is 14.6. The molecule has 11 heteroatoms. The third-order valence-electron chi connectivity index (χ3n) is 7.74. The van der Waals surface area contributed by atoms with Crippen molar-refractivity contribution in [2.75, 3.05) is 41.3 Å². The molecule has 1 aliphatic heterocycles. The third kappa shape index (κ3) is 9.71. The summed E-state index contributed by atoms with van der Waals surface area (Å²) in [4.78, 5) is 39.8. The first kappa shape index (κ1) is 33.4. The number of benzene rings is 1. The van der Waals surface area contributed by atoms with Gasteiger partial charge in [0.25, 0.3) is 0 Å². The lowest BCUT2D eigenvalue weighted by Crippen LogP contribution is -2.43. The molecule has 2 aliphatic rings. The molecule has 230 valence electrons. The lowest BCUT2D eigenvalue weighted by Gasteiger charge is -2.26. The van der Waals surface area contributed by atoms with Crippen LogP contribution < -0.4 is 5.32 Å². The molecule has 2 aromatic rings. The van der Waals surface area contributed by atoms with Gasteiger partial charge in [-0.1, -0.05) is 0 Å². The second-order valence-corrected chi connectivity index (χ2v) is 11.2. The van der Waals surface area contributed by atoms with Gasteiger partial charge in [-0.05, 0) is 89.4 Å². The number of aldehydes is 2. The molecule has 11 nitrogen and oxygen atoms in total. The van der Waals surface area contributed by atoms with Crippen LogP contribution in [0.3, 0.4) is 0 Å². The molecule has 1 aromatic heterocycles. The number of nitriles is 1. The number of carbonyl (C=O) groups is 3. The van der Waals surface area contributed by atoms with Crippen molar-refractivity contribution in [3.8, 4) is 11.8 Å². The SMILES string of the molecule is CN(C)C1C=C(n2cc(CN3CCCC3)cn2)C=C(C#N)C1.CNC(=O)C(CCC=O)N(C)Cc1cc(O)ccc1C=O. The van der Waals surface area contributed by atoms with E-state index in [-0.39, 0.29) is 24.1 Å². The maximum Gasteiger partial charge on any atom is 0.237 e. The minimum Gasteiger partial charge on any atom is -0.508 e. The van der Waals surface area contributed by atoms with Crippen molar-refractivity contribution in [1.29, 1.82) is 5.26 Å². The van der Waals surface area contributed by atoms with Crippen LogP contribution in [0.4, 0.5) is 0 Å². The summed E-state index contributed by atoms with van der Waals surface area (Å²) in [5, 5.41) is 25.8. The molecular formula is C32H43N7O4. The fourth-order valence-corrected chi connectivity index (χ4v) is 5.27. The lowest BCUT2D eigenvalue weighted by atomic mass is 9.99. The molecular weight excluding hydrogens is 546 g/mol. The number of phenols is 1. The average Bonchev–Trinajstić information content (AvgIpc) is 3.70. The number of aromatic nitrogens is 2. The summed E-state index contributed by atoms with van der Waals surface area (Å²) < 4.78 is 1.90. The Bertz CT molecular complexity index is 1350. The van der Waals surface area contributed by atoms with Crippen molar-refractivity contribution in [3.63, 3.8) is 0 Å². The van der Waals surface area contributed by atoms with Gasteiger partial charge in [-0.2, -0.15) is 10.4 Å². The zero-order valence-electron chi connectivity index (χ0n) is 25.6. The van der Waals surface area contributed by atoms with Gasteiger partial charge in [-0.3, -0.25) is 19.4 Å². The fraction of sp³-hybridized carbons (Fsp3) is 0.469. The van der Waals surface area contributed by atoms with E-state index in [1.54, 1.807) is 11.9 Å². The largest absolute Gasteiger partial charge is 0.508 e. The van der Waals surface area contributed by atoms with E-state index in [0.29, 0.717) is 30.4 Å². The van der Waals surface area contributed by atoms with Crippen molar-refractivity contribution in [2.45, 2.75) is 57.3 Å². The number of nitrogens with one attached hydrogen (secondary N) is 1. The normalized spacial score (nSPS) is 17.4. The highest BCUT2D eigenvalue weighted by Crippen LogP contribution is 2.24. The number of amides is 1. The molecule has 2 N–H and O–H groups in total. The van der Waals surface area contributed by atoms with Crippen LogP contribution in [0.2, 0.25) is 0 Å². The number of hydrogen-bond acceptors (Lipinski definition) is 9. The van der Waals surface area contributed by atoms with E-state index in [4.69, 9.17) is 0 Å². The number of nitrogens with zero attached hydrogens (tertiary/aromatic N) is 6. The number of phenolic OH excluding ortho intramolecular Hbond substituents is 1. The topological polar surface area (TPSA) is 135 Å². The van der Waals surface area contributed by atoms with Crippen molar-refractivity contribution in [3.05, 3.63) is 65.0 Å². The molecule has 0 bridgehead atoms. The van der Waals surface area contributed by atoms with Crippen LogP contribution in [0.5, 0.6) is 5.75 Å². The van der Waals surface area contributed by atoms with Crippen LogP contribution in [0, 0.1) is 11.3 Å². The Morgan fingerprint density at radius 1 is 1.26 bits per heavy atom. The van der Waals surface area contributed by atoms with Gasteiger partial charge in [0.2, 0.25) is 5.91 Å². The van der Waals surface area contributed by atoms with Gasteiger partial charge in [0, 0.05) is 61.9 Å². The Hall–Kier alpha value is -4.11. The number of hydrogen-bond donors (Lipinski definition) is 2. The van der Waals surface area contributed by atoms with Gasteiger partial charge in [0.05, 0.1) is 24.0 Å². The molecule has 1 aliphatic carbocycles. The molecule has 0 spiro atoms. The summed E-state index contributed by atoms with van der Waals surface area (Å²) in [6.45, 7) is 3.67. The lowest BCUT2D eigenvalue weighted by molar-refractivity contribution is -0.126. The number of likely N-dealkylation sites (N-methyl/N-ethyl adjacent to an activating group) is 3. The van der Waals surface area contributed by atoms with Gasteiger partial charge in [0.1, 0.15) is 18.3 Å². The van der Waals surface area contributed by atoms with Crippen LogP contribution >= 0.6 is 0 Å². The predicted molar refractivity (Wildman–Crippen MR) is 165 cm³/mol. The Morgan fingerprint density at radius 2 is 2.00 bits per heavy atom. The fourth-order valence-electron chi connectivity index (χ4n) is 5.27. The zero-order chi connectivity index (χ0) is 31.4. The smallest absolute Gasteiger partial charge is 0.237 e. The number of aromatic hydroxyl groups is 1. The van der Waals surface area contributed by atoms with Crippen molar-refractivity contribution in [2.24, 2.45) is 0 Å². The number of carbonyl (C=O) groups excluding carboxylic acids is 3. The summed E-state index contributed by atoms with van der Waals surface area (Å²) >= 11 is 0. The molecule has 4 rings (SSSR count). The van der Waals surface area contributed by atoms with Crippen LogP contribution in [0.25, 0.3) is 5.70 Å². The third-order valence-corrected chi connectivity index (χ3v) is 7.74. The summed E-state index contributed by atoms with van der Waals surface area (Å²) in [6, 6.07) is 6.55. The molecule has 1 fully saturated rings. The maximum atomic E-state index is 11.9. The monoisotopic (exact) mass is 589 g/mol. The van der Waals surface area contributed by atoms with Crippen molar-refractivity contribution >= 4 is 24.2 Å². The van der Waals surface area contributed by atoms with Gasteiger partial charge in [-0.25, -0.2) is 4.68 Å².